The van der Waals surface area contributed by atoms with Gasteiger partial charge >= 0.3 is 0 Å². The van der Waals surface area contributed by atoms with Gasteiger partial charge in [-0.3, -0.25) is 0 Å². The molecule has 0 saturated carbocycles. The van der Waals surface area contributed by atoms with Crippen LogP contribution in [0.15, 0.2) is 200 Å². The van der Waals surface area contributed by atoms with E-state index in [2.05, 4.69) is 274 Å². The molecular formula is C74H63N. The van der Waals surface area contributed by atoms with Crippen molar-refractivity contribution in [1.29, 1.82) is 0 Å². The molecule has 0 N–H and O–H groups in total. The van der Waals surface area contributed by atoms with Gasteiger partial charge in [0, 0.05) is 22.5 Å². The molecule has 1 heteroatoms. The van der Waals surface area contributed by atoms with Gasteiger partial charge in [-0.15, -0.1) is 0 Å². The SMILES string of the molecule is Cc1ccc2c(c1)C1(c3cc(C)ccc3-2)c2cc(C)ccc2-c2ccc(N(c3ccc(-c4ccc(C(C)(C)C)cc4)cc3)c3ccc4c(c3)C3(c5ccccc5-4)c4cc(C)ccc4C(C)(C)c4ccc(C)cc43)cc21. The summed E-state index contributed by atoms with van der Waals surface area (Å²) in [5.41, 5.74) is 34.0. The maximum atomic E-state index is 2.57. The van der Waals surface area contributed by atoms with E-state index in [0.717, 1.165) is 17.1 Å². The van der Waals surface area contributed by atoms with E-state index < -0.39 is 10.8 Å². The van der Waals surface area contributed by atoms with Crippen LogP contribution < -0.4 is 4.90 Å². The highest BCUT2D eigenvalue weighted by Gasteiger charge is 2.55. The van der Waals surface area contributed by atoms with Gasteiger partial charge in [0.25, 0.3) is 0 Å². The highest BCUT2D eigenvalue weighted by atomic mass is 15.1. The first-order valence-electron chi connectivity index (χ1n) is 27.1. The molecule has 0 radical (unpaired) electrons. The fourth-order valence-electron chi connectivity index (χ4n) is 14.4. The van der Waals surface area contributed by atoms with Gasteiger partial charge in [-0.1, -0.05) is 226 Å². The molecule has 364 valence electrons. The Labute approximate surface area is 444 Å². The lowest BCUT2D eigenvalue weighted by molar-refractivity contribution is 0.562. The van der Waals surface area contributed by atoms with Crippen molar-refractivity contribution in [3.63, 3.8) is 0 Å². The second kappa shape index (κ2) is 15.8. The van der Waals surface area contributed by atoms with Crippen LogP contribution in [0.3, 0.4) is 0 Å². The summed E-state index contributed by atoms with van der Waals surface area (Å²) in [6.07, 6.45) is 0. The monoisotopic (exact) mass is 965 g/mol. The van der Waals surface area contributed by atoms with Crippen LogP contribution in [0, 0.1) is 34.6 Å². The molecular weight excluding hydrogens is 903 g/mol. The molecule has 0 bridgehead atoms. The van der Waals surface area contributed by atoms with Crippen LogP contribution in [-0.2, 0) is 21.7 Å². The predicted molar refractivity (Wildman–Crippen MR) is 315 cm³/mol. The first-order valence-corrected chi connectivity index (χ1v) is 27.1. The molecule has 0 saturated heterocycles. The second-order valence-corrected chi connectivity index (χ2v) is 24.1. The van der Waals surface area contributed by atoms with Crippen LogP contribution in [0.4, 0.5) is 17.1 Å². The summed E-state index contributed by atoms with van der Waals surface area (Å²) in [4.78, 5) is 2.55. The first-order chi connectivity index (χ1) is 36.1. The molecule has 0 aromatic heterocycles. The second-order valence-electron chi connectivity index (χ2n) is 24.1. The Kier molecular flexibility index (Phi) is 9.58. The fourth-order valence-corrected chi connectivity index (χ4v) is 14.4. The molecule has 0 atom stereocenters. The van der Waals surface area contributed by atoms with E-state index in [-0.39, 0.29) is 10.8 Å². The molecule has 10 aromatic carbocycles. The topological polar surface area (TPSA) is 3.24 Å². The summed E-state index contributed by atoms with van der Waals surface area (Å²) in [6, 6.07) is 78.5. The third-order valence-electron chi connectivity index (χ3n) is 18.0. The first kappa shape index (κ1) is 45.6. The Bertz CT molecular complexity index is 3930. The summed E-state index contributed by atoms with van der Waals surface area (Å²) in [5.74, 6) is 0. The van der Waals surface area contributed by atoms with E-state index in [1.54, 1.807) is 0 Å². The number of aryl methyl sites for hydroxylation is 5. The normalized spacial score (nSPS) is 15.1. The number of fused-ring (bicyclic) bond motifs is 19. The number of nitrogens with zero attached hydrogens (tertiary/aromatic N) is 1. The molecule has 1 nitrogen and oxygen atoms in total. The molecule has 2 spiro atoms. The van der Waals surface area contributed by atoms with Crippen molar-refractivity contribution in [2.75, 3.05) is 4.90 Å². The van der Waals surface area contributed by atoms with Crippen LogP contribution in [0.2, 0.25) is 0 Å². The Balaban J connectivity index is 1.04. The Morgan fingerprint density at radius 3 is 1.07 bits per heavy atom. The number of benzene rings is 10. The van der Waals surface area contributed by atoms with Crippen LogP contribution in [0.25, 0.3) is 44.5 Å². The van der Waals surface area contributed by atoms with Crippen molar-refractivity contribution >= 4 is 17.1 Å². The molecule has 0 aliphatic heterocycles. The minimum atomic E-state index is -0.538. The van der Waals surface area contributed by atoms with Gasteiger partial charge in [-0.2, -0.15) is 0 Å². The summed E-state index contributed by atoms with van der Waals surface area (Å²) in [7, 11) is 0. The number of anilines is 3. The molecule has 4 aliphatic carbocycles. The van der Waals surface area contributed by atoms with Gasteiger partial charge < -0.3 is 4.90 Å². The zero-order chi connectivity index (χ0) is 51.5. The van der Waals surface area contributed by atoms with Crippen molar-refractivity contribution in [2.24, 2.45) is 0 Å². The van der Waals surface area contributed by atoms with Crippen molar-refractivity contribution < 1.29 is 0 Å². The van der Waals surface area contributed by atoms with Crippen molar-refractivity contribution in [3.8, 4) is 44.5 Å². The van der Waals surface area contributed by atoms with Gasteiger partial charge in [-0.25, -0.2) is 0 Å². The van der Waals surface area contributed by atoms with Gasteiger partial charge in [0.2, 0.25) is 0 Å². The van der Waals surface area contributed by atoms with Crippen LogP contribution in [0.5, 0.6) is 0 Å². The Morgan fingerprint density at radius 1 is 0.293 bits per heavy atom. The van der Waals surface area contributed by atoms with Crippen LogP contribution in [-0.4, -0.2) is 0 Å². The molecule has 0 unspecified atom stereocenters. The molecule has 14 rings (SSSR count). The third kappa shape index (κ3) is 6.25. The summed E-state index contributed by atoms with van der Waals surface area (Å²) < 4.78 is 0. The lowest BCUT2D eigenvalue weighted by Gasteiger charge is -2.47. The number of hydrogen-bond donors (Lipinski definition) is 0. The summed E-state index contributed by atoms with van der Waals surface area (Å²) in [6.45, 7) is 23.0. The number of hydrogen-bond acceptors (Lipinski definition) is 1. The molecule has 4 aliphatic rings. The fraction of sp³-hybridized carbons (Fsp3) is 0.189. The molecule has 75 heavy (non-hydrogen) atoms. The van der Waals surface area contributed by atoms with Gasteiger partial charge in [0.15, 0.2) is 0 Å². The van der Waals surface area contributed by atoms with E-state index in [0.29, 0.717) is 0 Å². The van der Waals surface area contributed by atoms with E-state index in [1.807, 2.05) is 0 Å². The summed E-state index contributed by atoms with van der Waals surface area (Å²) in [5, 5.41) is 0. The average Bonchev–Trinajstić information content (AvgIpc) is 4.01. The molecule has 0 amide bonds. The van der Waals surface area contributed by atoms with Gasteiger partial charge in [0.1, 0.15) is 0 Å². The maximum absolute atomic E-state index is 2.57. The zero-order valence-electron chi connectivity index (χ0n) is 45.0. The predicted octanol–water partition coefficient (Wildman–Crippen LogP) is 19.0. The van der Waals surface area contributed by atoms with Crippen LogP contribution >= 0.6 is 0 Å². The Morgan fingerprint density at radius 2 is 0.627 bits per heavy atom. The standard InChI is InChI=1S/C74H63N/c1-44-15-30-56-57-31-16-45(2)38-65(57)74(64(56)37-44)66-39-46(3)17-32-58(66)60-34-29-54(43-68(60)74)75(52-26-22-50(23-27-52)49-20-24-51(25-21-49)71(6,7)8)53-28-33-59-55-13-11-12-14-61(55)73(67(59)42-53)69-40-47(4)18-35-62(69)72(9,10)63-36-19-48(5)41-70(63)73/h11-43H,1-10H3. The van der Waals surface area contributed by atoms with Crippen molar-refractivity contribution in [2.45, 2.75) is 90.9 Å². The minimum absolute atomic E-state index is 0.0866. The third-order valence-corrected chi connectivity index (χ3v) is 18.0. The highest BCUT2D eigenvalue weighted by Crippen LogP contribution is 2.66. The average molecular weight is 966 g/mol. The van der Waals surface area contributed by atoms with E-state index in [9.17, 15) is 0 Å². The maximum Gasteiger partial charge on any atom is 0.0726 e. The van der Waals surface area contributed by atoms with E-state index in [1.165, 1.54) is 134 Å². The summed E-state index contributed by atoms with van der Waals surface area (Å²) >= 11 is 0. The van der Waals surface area contributed by atoms with E-state index in [4.69, 9.17) is 0 Å². The smallest absolute Gasteiger partial charge is 0.0726 e. The molecule has 0 heterocycles. The lowest BCUT2D eigenvalue weighted by atomic mass is 9.55. The van der Waals surface area contributed by atoms with Crippen LogP contribution in [0.1, 0.15) is 124 Å². The molecule has 0 fully saturated rings. The largest absolute Gasteiger partial charge is 0.310 e. The van der Waals surface area contributed by atoms with E-state index >= 15 is 0 Å². The number of rotatable bonds is 4. The minimum Gasteiger partial charge on any atom is -0.310 e. The quantitative estimate of drug-likeness (QED) is 0.170. The Hall–Kier alpha value is -8.00. The van der Waals surface area contributed by atoms with Gasteiger partial charge in [-0.05, 0) is 182 Å². The van der Waals surface area contributed by atoms with Crippen molar-refractivity contribution in [3.05, 3.63) is 289 Å². The zero-order valence-corrected chi connectivity index (χ0v) is 45.0. The highest BCUT2D eigenvalue weighted by molar-refractivity contribution is 5.98. The lowest BCUT2D eigenvalue weighted by Crippen LogP contribution is -2.41. The molecule has 10 aromatic rings. The van der Waals surface area contributed by atoms with Crippen molar-refractivity contribution in [1.82, 2.24) is 0 Å². The van der Waals surface area contributed by atoms with Gasteiger partial charge in [0.05, 0.1) is 10.8 Å².